The van der Waals surface area contributed by atoms with Crippen molar-refractivity contribution in [1.82, 2.24) is 4.90 Å². The van der Waals surface area contributed by atoms with E-state index in [9.17, 15) is 4.79 Å². The van der Waals surface area contributed by atoms with Crippen LogP contribution in [-0.2, 0) is 18.4 Å². The molecular formula is C27H25NO3. The summed E-state index contributed by atoms with van der Waals surface area (Å²) >= 11 is 0. The van der Waals surface area contributed by atoms with Crippen molar-refractivity contribution in [2.75, 3.05) is 19.9 Å². The molecule has 2 heterocycles. The maximum atomic E-state index is 13.9. The van der Waals surface area contributed by atoms with Gasteiger partial charge in [-0.3, -0.25) is 9.69 Å². The molecule has 0 N–H and O–H groups in total. The Bertz CT molecular complexity index is 1140. The fraction of sp³-hybridized carbons (Fsp3) is 0.296. The monoisotopic (exact) mass is 411 g/mol. The second kappa shape index (κ2) is 7.24. The summed E-state index contributed by atoms with van der Waals surface area (Å²) in [4.78, 5) is 16.3. The summed E-state index contributed by atoms with van der Waals surface area (Å²) < 4.78 is 11.0. The van der Waals surface area contributed by atoms with Crippen molar-refractivity contribution in [2.24, 2.45) is 5.92 Å². The van der Waals surface area contributed by atoms with Crippen molar-refractivity contribution in [3.8, 4) is 11.5 Å². The van der Waals surface area contributed by atoms with Crippen LogP contribution in [0, 0.1) is 5.92 Å². The molecule has 156 valence electrons. The Kier molecular flexibility index (Phi) is 4.35. The molecule has 31 heavy (non-hydrogen) atoms. The van der Waals surface area contributed by atoms with Crippen LogP contribution >= 0.6 is 0 Å². The lowest BCUT2D eigenvalue weighted by molar-refractivity contribution is 0.0841. The highest BCUT2D eigenvalue weighted by atomic mass is 16.7. The number of carbonyl (C=O) groups excluding carboxylic acids is 1. The van der Waals surface area contributed by atoms with Crippen molar-refractivity contribution in [2.45, 2.75) is 24.8 Å². The molecule has 1 aliphatic carbocycles. The van der Waals surface area contributed by atoms with Crippen LogP contribution in [0.1, 0.15) is 33.5 Å². The smallest absolute Gasteiger partial charge is 0.231 e. The third kappa shape index (κ3) is 2.97. The molecule has 0 spiro atoms. The van der Waals surface area contributed by atoms with E-state index in [4.69, 9.17) is 9.47 Å². The van der Waals surface area contributed by atoms with Gasteiger partial charge in [0.1, 0.15) is 0 Å². The van der Waals surface area contributed by atoms with E-state index >= 15 is 0 Å². The summed E-state index contributed by atoms with van der Waals surface area (Å²) in [6.07, 6.45) is 1.83. The highest BCUT2D eigenvalue weighted by Crippen LogP contribution is 2.48. The third-order valence-corrected chi connectivity index (χ3v) is 7.24. The van der Waals surface area contributed by atoms with Gasteiger partial charge in [0.05, 0.1) is 5.41 Å². The van der Waals surface area contributed by atoms with Crippen LogP contribution < -0.4 is 9.47 Å². The Labute approximate surface area is 182 Å². The van der Waals surface area contributed by atoms with Gasteiger partial charge in [0.15, 0.2) is 17.3 Å². The van der Waals surface area contributed by atoms with Gasteiger partial charge in [0.2, 0.25) is 6.79 Å². The van der Waals surface area contributed by atoms with Gasteiger partial charge in [-0.25, -0.2) is 0 Å². The highest BCUT2D eigenvalue weighted by Gasteiger charge is 2.53. The third-order valence-electron chi connectivity index (χ3n) is 7.24. The maximum Gasteiger partial charge on any atom is 0.231 e. The highest BCUT2D eigenvalue weighted by molar-refractivity contribution is 6.08. The summed E-state index contributed by atoms with van der Waals surface area (Å²) in [6, 6.07) is 24.8. The predicted molar refractivity (Wildman–Crippen MR) is 119 cm³/mol. The lowest BCUT2D eigenvalue weighted by Crippen LogP contribution is -2.42. The topological polar surface area (TPSA) is 38.8 Å². The molecule has 0 aromatic heterocycles. The lowest BCUT2D eigenvalue weighted by atomic mass is 9.67. The second-order valence-electron chi connectivity index (χ2n) is 8.91. The van der Waals surface area contributed by atoms with E-state index in [0.29, 0.717) is 18.5 Å². The van der Waals surface area contributed by atoms with Crippen LogP contribution in [-0.4, -0.2) is 30.6 Å². The first-order chi connectivity index (χ1) is 15.2. The minimum Gasteiger partial charge on any atom is -0.454 e. The van der Waals surface area contributed by atoms with E-state index in [1.165, 1.54) is 11.1 Å². The molecule has 2 aliphatic heterocycles. The number of ketones is 1. The summed E-state index contributed by atoms with van der Waals surface area (Å²) in [5.41, 5.74) is 4.01. The molecule has 0 bridgehead atoms. The lowest BCUT2D eigenvalue weighted by Gasteiger charge is -2.34. The largest absolute Gasteiger partial charge is 0.454 e. The van der Waals surface area contributed by atoms with E-state index in [2.05, 4.69) is 47.4 Å². The number of ether oxygens (including phenoxy) is 2. The van der Waals surface area contributed by atoms with Gasteiger partial charge in [-0.2, -0.15) is 0 Å². The molecule has 2 atom stereocenters. The molecule has 3 aromatic carbocycles. The van der Waals surface area contributed by atoms with Gasteiger partial charge in [-0.05, 0) is 54.1 Å². The standard InChI is InChI=1S/C27H25NO3/c29-26-23-9-5-4-6-20(23)15-27(26,21-7-2-1-3-8-21)22-12-13-28(17-22)16-19-10-11-24-25(14-19)31-18-30-24/h1-11,14,22H,12-13,15-18H2. The molecule has 2 unspecified atom stereocenters. The summed E-state index contributed by atoms with van der Waals surface area (Å²) in [6.45, 7) is 3.08. The van der Waals surface area contributed by atoms with Crippen LogP contribution in [0.4, 0.5) is 0 Å². The minimum absolute atomic E-state index is 0.295. The number of carbonyl (C=O) groups is 1. The van der Waals surface area contributed by atoms with Crippen molar-refractivity contribution in [1.29, 1.82) is 0 Å². The van der Waals surface area contributed by atoms with Crippen LogP contribution in [0.15, 0.2) is 72.8 Å². The van der Waals surface area contributed by atoms with Gasteiger partial charge >= 0.3 is 0 Å². The number of benzene rings is 3. The first kappa shape index (κ1) is 18.6. The average Bonchev–Trinajstić information content (AvgIpc) is 3.53. The molecule has 6 rings (SSSR count). The van der Waals surface area contributed by atoms with E-state index in [1.54, 1.807) is 0 Å². The predicted octanol–water partition coefficient (Wildman–Crippen LogP) is 4.61. The van der Waals surface area contributed by atoms with Gasteiger partial charge in [-0.1, -0.05) is 60.7 Å². The van der Waals surface area contributed by atoms with E-state index in [0.717, 1.165) is 55.1 Å². The average molecular weight is 412 g/mol. The van der Waals surface area contributed by atoms with Crippen LogP contribution in [0.5, 0.6) is 11.5 Å². The molecule has 3 aliphatic rings. The van der Waals surface area contributed by atoms with Gasteiger partial charge in [0.25, 0.3) is 0 Å². The Balaban J connectivity index is 1.29. The SMILES string of the molecule is O=C1c2ccccc2CC1(c1ccccc1)C1CCN(Cc2ccc3c(c2)OCO3)C1. The molecule has 1 saturated heterocycles. The molecule has 4 heteroatoms. The molecule has 4 nitrogen and oxygen atoms in total. The fourth-order valence-corrected chi connectivity index (χ4v) is 5.73. The molecular weight excluding hydrogens is 386 g/mol. The van der Waals surface area contributed by atoms with Crippen molar-refractivity contribution in [3.05, 3.63) is 95.1 Å². The number of rotatable bonds is 4. The first-order valence-corrected chi connectivity index (χ1v) is 11.0. The Morgan fingerprint density at radius 3 is 2.61 bits per heavy atom. The zero-order valence-corrected chi connectivity index (χ0v) is 17.4. The van der Waals surface area contributed by atoms with Gasteiger partial charge in [-0.15, -0.1) is 0 Å². The quantitative estimate of drug-likeness (QED) is 0.628. The number of hydrogen-bond donors (Lipinski definition) is 0. The second-order valence-corrected chi connectivity index (χ2v) is 8.91. The first-order valence-electron chi connectivity index (χ1n) is 11.0. The zero-order valence-electron chi connectivity index (χ0n) is 17.4. The van der Waals surface area contributed by atoms with Crippen molar-refractivity contribution < 1.29 is 14.3 Å². The van der Waals surface area contributed by atoms with Gasteiger partial charge in [0, 0.05) is 18.7 Å². The van der Waals surface area contributed by atoms with E-state index < -0.39 is 5.41 Å². The Morgan fingerprint density at radius 2 is 1.74 bits per heavy atom. The molecule has 0 radical (unpaired) electrons. The number of Topliss-reactive ketones (excluding diaryl/α,β-unsaturated/α-hetero) is 1. The molecule has 3 aromatic rings. The van der Waals surface area contributed by atoms with Crippen molar-refractivity contribution in [3.63, 3.8) is 0 Å². The summed E-state index contributed by atoms with van der Waals surface area (Å²) in [7, 11) is 0. The van der Waals surface area contributed by atoms with Crippen molar-refractivity contribution >= 4 is 5.78 Å². The summed E-state index contributed by atoms with van der Waals surface area (Å²) in [5.74, 6) is 2.24. The van der Waals surface area contributed by atoms with Crippen LogP contribution in [0.3, 0.4) is 0 Å². The Hall–Kier alpha value is -3.11. The molecule has 0 saturated carbocycles. The van der Waals surface area contributed by atoms with Crippen LogP contribution in [0.25, 0.3) is 0 Å². The zero-order chi connectivity index (χ0) is 20.8. The summed E-state index contributed by atoms with van der Waals surface area (Å²) in [5, 5.41) is 0. The van der Waals surface area contributed by atoms with E-state index in [1.807, 2.05) is 30.3 Å². The number of nitrogens with zero attached hydrogens (tertiary/aromatic N) is 1. The number of hydrogen-bond acceptors (Lipinski definition) is 4. The van der Waals surface area contributed by atoms with Crippen LogP contribution in [0.2, 0.25) is 0 Å². The normalized spacial score (nSPS) is 24.5. The van der Waals surface area contributed by atoms with E-state index in [-0.39, 0.29) is 0 Å². The number of likely N-dealkylation sites (tertiary alicyclic amines) is 1. The molecule has 1 fully saturated rings. The number of fused-ring (bicyclic) bond motifs is 2. The maximum absolute atomic E-state index is 13.9. The fourth-order valence-electron chi connectivity index (χ4n) is 5.73. The Morgan fingerprint density at radius 1 is 0.935 bits per heavy atom. The van der Waals surface area contributed by atoms with Gasteiger partial charge < -0.3 is 9.47 Å². The molecule has 0 amide bonds. The minimum atomic E-state index is -0.464.